The van der Waals surface area contributed by atoms with E-state index in [0.29, 0.717) is 22.0 Å². The molecule has 0 unspecified atom stereocenters. The molecule has 102 valence electrons. The lowest BCUT2D eigenvalue weighted by molar-refractivity contribution is 0.445. The Bertz CT molecular complexity index is 880. The van der Waals surface area contributed by atoms with Gasteiger partial charge in [0.25, 0.3) is 0 Å². The standard InChI is InChI=1S/C14H11ClN2O3/c1-7-10-11(18)12(19)13(20-14(10)17(2)16-7)8-5-3-4-6-9(8)15/h3-6,19H,1-2H3. The summed E-state index contributed by atoms with van der Waals surface area (Å²) in [5, 5.41) is 14.9. The number of aryl methyl sites for hydroxylation is 2. The molecule has 0 saturated carbocycles. The molecule has 3 rings (SSSR count). The monoisotopic (exact) mass is 290 g/mol. The zero-order valence-electron chi connectivity index (χ0n) is 10.8. The maximum absolute atomic E-state index is 12.3. The average Bonchev–Trinajstić information content (AvgIpc) is 2.69. The lowest BCUT2D eigenvalue weighted by Crippen LogP contribution is -2.03. The van der Waals surface area contributed by atoms with E-state index in [1.165, 1.54) is 4.68 Å². The summed E-state index contributed by atoms with van der Waals surface area (Å²) in [7, 11) is 1.67. The highest BCUT2D eigenvalue weighted by molar-refractivity contribution is 6.33. The van der Waals surface area contributed by atoms with E-state index in [0.717, 1.165) is 0 Å². The summed E-state index contributed by atoms with van der Waals surface area (Å²) in [5.41, 5.74) is 0.772. The summed E-state index contributed by atoms with van der Waals surface area (Å²) >= 11 is 6.08. The molecule has 0 aliphatic rings. The Morgan fingerprint density at radius 3 is 2.75 bits per heavy atom. The fourth-order valence-corrected chi connectivity index (χ4v) is 2.43. The molecule has 0 spiro atoms. The fourth-order valence-electron chi connectivity index (χ4n) is 2.21. The molecule has 0 amide bonds. The quantitative estimate of drug-likeness (QED) is 0.748. The van der Waals surface area contributed by atoms with Crippen LogP contribution in [-0.4, -0.2) is 14.9 Å². The zero-order chi connectivity index (χ0) is 14.4. The summed E-state index contributed by atoms with van der Waals surface area (Å²) in [4.78, 5) is 12.3. The third-order valence-electron chi connectivity index (χ3n) is 3.14. The van der Waals surface area contributed by atoms with Crippen LogP contribution in [0.2, 0.25) is 5.02 Å². The Balaban J connectivity index is 2.45. The second kappa shape index (κ2) is 4.38. The number of benzene rings is 1. The van der Waals surface area contributed by atoms with Gasteiger partial charge in [0.1, 0.15) is 5.39 Å². The molecule has 1 N–H and O–H groups in total. The SMILES string of the molecule is Cc1nn(C)c2oc(-c3ccccc3Cl)c(O)c(=O)c12. The minimum absolute atomic E-state index is 0.0519. The van der Waals surface area contributed by atoms with Crippen molar-refractivity contribution in [3.05, 3.63) is 45.2 Å². The molecule has 0 aliphatic carbocycles. The van der Waals surface area contributed by atoms with Crippen LogP contribution in [-0.2, 0) is 7.05 Å². The molecule has 0 atom stereocenters. The van der Waals surface area contributed by atoms with E-state index in [4.69, 9.17) is 16.0 Å². The normalized spacial score (nSPS) is 11.2. The molecule has 20 heavy (non-hydrogen) atoms. The molecule has 0 bridgehead atoms. The molecule has 0 fully saturated rings. The summed E-state index contributed by atoms with van der Waals surface area (Å²) in [6.45, 7) is 1.69. The molecular formula is C14H11ClN2O3. The minimum Gasteiger partial charge on any atom is -0.502 e. The van der Waals surface area contributed by atoms with E-state index in [9.17, 15) is 9.90 Å². The number of hydrogen-bond donors (Lipinski definition) is 1. The maximum atomic E-state index is 12.3. The van der Waals surface area contributed by atoms with Crippen molar-refractivity contribution in [2.75, 3.05) is 0 Å². The van der Waals surface area contributed by atoms with Crippen molar-refractivity contribution in [2.24, 2.45) is 7.05 Å². The van der Waals surface area contributed by atoms with Crippen molar-refractivity contribution in [3.63, 3.8) is 0 Å². The zero-order valence-corrected chi connectivity index (χ0v) is 11.6. The highest BCUT2D eigenvalue weighted by atomic mass is 35.5. The first-order valence-electron chi connectivity index (χ1n) is 5.95. The van der Waals surface area contributed by atoms with Gasteiger partial charge in [-0.05, 0) is 19.1 Å². The van der Waals surface area contributed by atoms with Crippen LogP contribution >= 0.6 is 11.6 Å². The van der Waals surface area contributed by atoms with E-state index < -0.39 is 11.2 Å². The van der Waals surface area contributed by atoms with Crippen molar-refractivity contribution in [1.29, 1.82) is 0 Å². The molecule has 2 aromatic heterocycles. The van der Waals surface area contributed by atoms with Gasteiger partial charge in [-0.25, -0.2) is 4.68 Å². The van der Waals surface area contributed by atoms with Crippen LogP contribution in [0.3, 0.4) is 0 Å². The van der Waals surface area contributed by atoms with Crippen LogP contribution in [0.15, 0.2) is 33.5 Å². The van der Waals surface area contributed by atoms with Gasteiger partial charge in [0.05, 0.1) is 10.7 Å². The van der Waals surface area contributed by atoms with E-state index >= 15 is 0 Å². The Hall–Kier alpha value is -2.27. The Kier molecular flexibility index (Phi) is 2.79. The second-order valence-electron chi connectivity index (χ2n) is 4.48. The topological polar surface area (TPSA) is 68.3 Å². The van der Waals surface area contributed by atoms with Crippen LogP contribution in [0, 0.1) is 6.92 Å². The molecule has 0 saturated heterocycles. The largest absolute Gasteiger partial charge is 0.502 e. The first-order chi connectivity index (χ1) is 9.50. The molecule has 5 nitrogen and oxygen atoms in total. The number of halogens is 1. The molecule has 3 aromatic rings. The molecule has 2 heterocycles. The van der Waals surface area contributed by atoms with Gasteiger partial charge >= 0.3 is 0 Å². The van der Waals surface area contributed by atoms with Gasteiger partial charge < -0.3 is 9.52 Å². The molecule has 6 heteroatoms. The fraction of sp³-hybridized carbons (Fsp3) is 0.143. The van der Waals surface area contributed by atoms with Crippen molar-refractivity contribution in [1.82, 2.24) is 9.78 Å². The third kappa shape index (κ3) is 1.71. The van der Waals surface area contributed by atoms with Gasteiger partial charge in [-0.2, -0.15) is 5.10 Å². The van der Waals surface area contributed by atoms with Crippen LogP contribution in [0.1, 0.15) is 5.69 Å². The number of aromatic nitrogens is 2. The number of fused-ring (bicyclic) bond motifs is 1. The van der Waals surface area contributed by atoms with Crippen molar-refractivity contribution in [3.8, 4) is 17.1 Å². The highest BCUT2D eigenvalue weighted by Gasteiger charge is 2.21. The Morgan fingerprint density at radius 1 is 1.35 bits per heavy atom. The van der Waals surface area contributed by atoms with Gasteiger partial charge in [-0.3, -0.25) is 4.79 Å². The number of aromatic hydroxyl groups is 1. The maximum Gasteiger partial charge on any atom is 0.238 e. The van der Waals surface area contributed by atoms with Gasteiger partial charge in [0, 0.05) is 12.6 Å². The average molecular weight is 291 g/mol. The summed E-state index contributed by atoms with van der Waals surface area (Å²) in [6.07, 6.45) is 0. The van der Waals surface area contributed by atoms with E-state index in [2.05, 4.69) is 5.10 Å². The summed E-state index contributed by atoms with van der Waals surface area (Å²) < 4.78 is 7.12. The van der Waals surface area contributed by atoms with Crippen molar-refractivity contribution >= 4 is 22.7 Å². The van der Waals surface area contributed by atoms with Gasteiger partial charge in [0.2, 0.25) is 16.9 Å². The van der Waals surface area contributed by atoms with Crippen molar-refractivity contribution in [2.45, 2.75) is 6.92 Å². The van der Waals surface area contributed by atoms with Crippen LogP contribution in [0.25, 0.3) is 22.4 Å². The van der Waals surface area contributed by atoms with E-state index in [1.54, 1.807) is 38.2 Å². The van der Waals surface area contributed by atoms with Crippen molar-refractivity contribution < 1.29 is 9.52 Å². The predicted molar refractivity (Wildman–Crippen MR) is 76.1 cm³/mol. The molecule has 1 aromatic carbocycles. The lowest BCUT2D eigenvalue weighted by atomic mass is 10.1. The summed E-state index contributed by atoms with van der Waals surface area (Å²) in [5.74, 6) is -0.405. The first kappa shape index (κ1) is 12.7. The highest BCUT2D eigenvalue weighted by Crippen LogP contribution is 2.34. The minimum atomic E-state index is -0.508. The smallest absolute Gasteiger partial charge is 0.238 e. The van der Waals surface area contributed by atoms with Crippen LogP contribution in [0.5, 0.6) is 5.75 Å². The van der Waals surface area contributed by atoms with E-state index in [-0.39, 0.29) is 11.1 Å². The van der Waals surface area contributed by atoms with Crippen LogP contribution in [0.4, 0.5) is 0 Å². The molecule has 0 radical (unpaired) electrons. The Labute approximate surface area is 119 Å². The number of nitrogens with zero attached hydrogens (tertiary/aromatic N) is 2. The van der Waals surface area contributed by atoms with Crippen LogP contribution < -0.4 is 5.43 Å². The van der Waals surface area contributed by atoms with Gasteiger partial charge in [-0.1, -0.05) is 23.7 Å². The summed E-state index contributed by atoms with van der Waals surface area (Å²) in [6, 6.07) is 6.84. The number of rotatable bonds is 1. The Morgan fingerprint density at radius 2 is 2.05 bits per heavy atom. The van der Waals surface area contributed by atoms with E-state index in [1.807, 2.05) is 0 Å². The molecular weight excluding hydrogens is 280 g/mol. The first-order valence-corrected chi connectivity index (χ1v) is 6.32. The lowest BCUT2D eigenvalue weighted by Gasteiger charge is -2.06. The molecule has 0 aliphatic heterocycles. The van der Waals surface area contributed by atoms with Gasteiger partial charge in [0.15, 0.2) is 5.76 Å². The van der Waals surface area contributed by atoms with Gasteiger partial charge in [-0.15, -0.1) is 0 Å². The predicted octanol–water partition coefficient (Wildman–Crippen LogP) is 2.86. The third-order valence-corrected chi connectivity index (χ3v) is 3.47. The second-order valence-corrected chi connectivity index (χ2v) is 4.89. The number of hydrogen-bond acceptors (Lipinski definition) is 4.